The van der Waals surface area contributed by atoms with Gasteiger partial charge >= 0.3 is 0 Å². The molecule has 1 atom stereocenters. The largest absolute Gasteiger partial charge is 0.405 e. The lowest BCUT2D eigenvalue weighted by atomic mass is 10.2. The lowest BCUT2D eigenvalue weighted by Crippen LogP contribution is -2.42. The van der Waals surface area contributed by atoms with E-state index in [2.05, 4.69) is 46.5 Å². The fourth-order valence-corrected chi connectivity index (χ4v) is 3.23. The first kappa shape index (κ1) is 16.2. The average Bonchev–Trinajstić information content (AvgIpc) is 1.99. The molecule has 1 unspecified atom stereocenters. The Kier molecular flexibility index (Phi) is 6.29. The van der Waals surface area contributed by atoms with Crippen LogP contribution in [-0.2, 0) is 9.22 Å². The third-order valence-electron chi connectivity index (χ3n) is 3.22. The molecule has 0 aliphatic carbocycles. The molecule has 0 aromatic heterocycles. The van der Waals surface area contributed by atoms with Crippen LogP contribution in [0.15, 0.2) is 0 Å². The van der Waals surface area contributed by atoms with Gasteiger partial charge in [0, 0.05) is 6.42 Å². The fraction of sp³-hybridized carbons (Fsp3) is 0.917. The number of hydrogen-bond donors (Lipinski definition) is 1. The van der Waals surface area contributed by atoms with Crippen LogP contribution in [0, 0.1) is 0 Å². The van der Waals surface area contributed by atoms with Crippen molar-refractivity contribution in [2.75, 3.05) is 0 Å². The lowest BCUT2D eigenvalue weighted by molar-refractivity contribution is -0.117. The number of Topliss-reactive ketones (excluding diaryl/α,β-unsaturated/α-hetero) is 1. The number of ketones is 1. The minimum atomic E-state index is -1.71. The van der Waals surface area contributed by atoms with Crippen LogP contribution in [0.3, 0.4) is 0 Å². The van der Waals surface area contributed by atoms with Gasteiger partial charge in [0.2, 0.25) is 0 Å². The zero-order chi connectivity index (χ0) is 13.0. The number of carbonyl (C=O) groups excluding carboxylic acids is 1. The maximum absolute atomic E-state index is 10.8. The van der Waals surface area contributed by atoms with Crippen LogP contribution in [-0.4, -0.2) is 19.5 Å². The van der Waals surface area contributed by atoms with Crippen LogP contribution in [0.1, 0.15) is 47.0 Å². The van der Waals surface area contributed by atoms with E-state index in [1.165, 1.54) is 0 Å². The SMILES string of the molecule is CC(=O)CCCC(S)O[Si](C)(C)C(C)(C)C. The van der Waals surface area contributed by atoms with Gasteiger partial charge in [-0.2, -0.15) is 0 Å². The van der Waals surface area contributed by atoms with Gasteiger partial charge in [0.25, 0.3) is 0 Å². The highest BCUT2D eigenvalue weighted by molar-refractivity contribution is 7.80. The van der Waals surface area contributed by atoms with E-state index in [0.29, 0.717) is 6.42 Å². The molecule has 96 valence electrons. The summed E-state index contributed by atoms with van der Waals surface area (Å²) in [7, 11) is -1.71. The Morgan fingerprint density at radius 1 is 1.38 bits per heavy atom. The molecule has 0 fully saturated rings. The zero-order valence-electron chi connectivity index (χ0n) is 11.5. The van der Waals surface area contributed by atoms with Crippen LogP contribution in [0.25, 0.3) is 0 Å². The third-order valence-corrected chi connectivity index (χ3v) is 8.26. The standard InChI is InChI=1S/C12H26O2SSi/c1-10(13)8-7-9-11(15)14-16(5,6)12(2,3)4/h11,15H,7-9H2,1-6H3. The molecule has 16 heavy (non-hydrogen) atoms. The van der Waals surface area contributed by atoms with E-state index in [1.807, 2.05) is 0 Å². The molecule has 0 amide bonds. The van der Waals surface area contributed by atoms with Gasteiger partial charge < -0.3 is 9.22 Å². The molecule has 0 saturated heterocycles. The van der Waals surface area contributed by atoms with Crippen LogP contribution in [0.2, 0.25) is 18.1 Å². The van der Waals surface area contributed by atoms with E-state index in [-0.39, 0.29) is 16.3 Å². The van der Waals surface area contributed by atoms with Gasteiger partial charge in [-0.3, -0.25) is 0 Å². The highest BCUT2D eigenvalue weighted by Gasteiger charge is 2.38. The van der Waals surface area contributed by atoms with Crippen molar-refractivity contribution >= 4 is 26.7 Å². The summed E-state index contributed by atoms with van der Waals surface area (Å²) >= 11 is 4.46. The predicted octanol–water partition coefficient (Wildman–Crippen LogP) is 4.02. The third kappa shape index (κ3) is 6.06. The molecule has 0 spiro atoms. The Bertz CT molecular complexity index is 234. The fourth-order valence-electron chi connectivity index (χ4n) is 1.10. The Morgan fingerprint density at radius 2 is 1.88 bits per heavy atom. The minimum Gasteiger partial charge on any atom is -0.405 e. The van der Waals surface area contributed by atoms with Gasteiger partial charge in [-0.15, -0.1) is 12.6 Å². The van der Waals surface area contributed by atoms with Crippen LogP contribution in [0.5, 0.6) is 0 Å². The van der Waals surface area contributed by atoms with Crippen LogP contribution in [0.4, 0.5) is 0 Å². The normalized spacial score (nSPS) is 14.9. The molecule has 4 heteroatoms. The highest BCUT2D eigenvalue weighted by atomic mass is 32.1. The van der Waals surface area contributed by atoms with E-state index in [1.54, 1.807) is 6.92 Å². The lowest BCUT2D eigenvalue weighted by Gasteiger charge is -2.38. The molecule has 0 N–H and O–H groups in total. The predicted molar refractivity (Wildman–Crippen MR) is 75.6 cm³/mol. The Labute approximate surface area is 107 Å². The van der Waals surface area contributed by atoms with Gasteiger partial charge in [0.05, 0.1) is 5.44 Å². The van der Waals surface area contributed by atoms with Crippen LogP contribution < -0.4 is 0 Å². The monoisotopic (exact) mass is 262 g/mol. The van der Waals surface area contributed by atoms with Gasteiger partial charge in [0.15, 0.2) is 8.32 Å². The summed E-state index contributed by atoms with van der Waals surface area (Å²) in [5.74, 6) is 0.243. The summed E-state index contributed by atoms with van der Waals surface area (Å²) in [5, 5.41) is 0.217. The van der Waals surface area contributed by atoms with Gasteiger partial charge in [-0.1, -0.05) is 20.8 Å². The second-order valence-corrected chi connectivity index (χ2v) is 11.3. The average molecular weight is 262 g/mol. The summed E-state index contributed by atoms with van der Waals surface area (Å²) in [6.07, 6.45) is 2.37. The topological polar surface area (TPSA) is 26.3 Å². The maximum atomic E-state index is 10.8. The Morgan fingerprint density at radius 3 is 2.25 bits per heavy atom. The zero-order valence-corrected chi connectivity index (χ0v) is 13.4. The molecular formula is C12H26O2SSi. The summed E-state index contributed by atoms with van der Waals surface area (Å²) in [5.41, 5.74) is -0.0276. The van der Waals surface area contributed by atoms with E-state index >= 15 is 0 Å². The smallest absolute Gasteiger partial charge is 0.193 e. The van der Waals surface area contributed by atoms with Gasteiger partial charge in [-0.25, -0.2) is 0 Å². The number of thiol groups is 1. The summed E-state index contributed by atoms with van der Waals surface area (Å²) < 4.78 is 6.08. The summed E-state index contributed by atoms with van der Waals surface area (Å²) in [4.78, 5) is 10.8. The molecule has 0 radical (unpaired) electrons. The molecule has 0 aromatic rings. The molecule has 2 nitrogen and oxygen atoms in total. The van der Waals surface area contributed by atoms with E-state index in [0.717, 1.165) is 12.8 Å². The van der Waals surface area contributed by atoms with Crippen molar-refractivity contribution < 1.29 is 9.22 Å². The van der Waals surface area contributed by atoms with E-state index < -0.39 is 8.32 Å². The van der Waals surface area contributed by atoms with Gasteiger partial charge in [-0.05, 0) is 37.9 Å². The van der Waals surface area contributed by atoms with Crippen molar-refractivity contribution in [3.05, 3.63) is 0 Å². The van der Waals surface area contributed by atoms with Crippen molar-refractivity contribution in [3.63, 3.8) is 0 Å². The second-order valence-electron chi connectivity index (χ2n) is 5.93. The first-order valence-corrected chi connectivity index (χ1v) is 9.34. The van der Waals surface area contributed by atoms with E-state index in [9.17, 15) is 4.79 Å². The Balaban J connectivity index is 4.04. The van der Waals surface area contributed by atoms with Crippen molar-refractivity contribution in [1.82, 2.24) is 0 Å². The van der Waals surface area contributed by atoms with Crippen molar-refractivity contribution in [1.29, 1.82) is 0 Å². The molecule has 0 aliphatic heterocycles. The second kappa shape index (κ2) is 6.22. The number of hydrogen-bond acceptors (Lipinski definition) is 3. The molecule has 0 aliphatic rings. The summed E-state index contributed by atoms with van der Waals surface area (Å²) in [6, 6.07) is 0. The molecule has 0 bridgehead atoms. The quantitative estimate of drug-likeness (QED) is 0.444. The maximum Gasteiger partial charge on any atom is 0.193 e. The first-order chi connectivity index (χ1) is 7.06. The molecule has 0 heterocycles. The number of rotatable bonds is 6. The highest BCUT2D eigenvalue weighted by Crippen LogP contribution is 2.38. The Hall–Kier alpha value is 0.197. The van der Waals surface area contributed by atoms with Crippen molar-refractivity contribution in [3.8, 4) is 0 Å². The summed E-state index contributed by atoms with van der Waals surface area (Å²) in [6.45, 7) is 12.7. The molecule has 0 saturated carbocycles. The van der Waals surface area contributed by atoms with Crippen LogP contribution >= 0.6 is 12.6 Å². The van der Waals surface area contributed by atoms with E-state index in [4.69, 9.17) is 4.43 Å². The molecular weight excluding hydrogens is 236 g/mol. The first-order valence-electron chi connectivity index (χ1n) is 5.91. The van der Waals surface area contributed by atoms with Crippen molar-refractivity contribution in [2.24, 2.45) is 0 Å². The van der Waals surface area contributed by atoms with Gasteiger partial charge in [0.1, 0.15) is 5.78 Å². The number of carbonyl (C=O) groups is 1. The molecule has 0 rings (SSSR count). The molecule has 0 aromatic carbocycles. The minimum absolute atomic E-state index is 0.0276. The van der Waals surface area contributed by atoms with Crippen molar-refractivity contribution in [2.45, 2.75) is 70.5 Å².